The van der Waals surface area contributed by atoms with Crippen molar-refractivity contribution in [2.45, 2.75) is 0 Å². The van der Waals surface area contributed by atoms with Gasteiger partial charge in [0.15, 0.2) is 10.8 Å². The van der Waals surface area contributed by atoms with Crippen molar-refractivity contribution in [1.82, 2.24) is 10.2 Å². The van der Waals surface area contributed by atoms with E-state index in [0.29, 0.717) is 0 Å². The third kappa shape index (κ3) is 3.10. The smallest absolute Gasteiger partial charge is 0.286 e. The number of rotatable bonds is 5. The van der Waals surface area contributed by atoms with E-state index in [1.54, 1.807) is 18.2 Å². The Bertz CT molecular complexity index is 477. The van der Waals surface area contributed by atoms with Crippen LogP contribution in [0.5, 0.6) is 5.75 Å². The van der Waals surface area contributed by atoms with E-state index in [-0.39, 0.29) is 17.4 Å². The molecule has 1 aromatic rings. The van der Waals surface area contributed by atoms with Crippen LogP contribution >= 0.6 is 11.6 Å². The summed E-state index contributed by atoms with van der Waals surface area (Å²) in [7, 11) is 0. The van der Waals surface area contributed by atoms with E-state index in [1.807, 2.05) is 0 Å². The molecule has 0 bridgehead atoms. The van der Waals surface area contributed by atoms with Gasteiger partial charge in [-0.3, -0.25) is 4.79 Å². The fourth-order valence-corrected chi connectivity index (χ4v) is 1.10. The summed E-state index contributed by atoms with van der Waals surface area (Å²) in [5.74, 6) is 0.238. The van der Waals surface area contributed by atoms with E-state index in [4.69, 9.17) is 16.3 Å². The molecule has 0 aliphatic carbocycles. The van der Waals surface area contributed by atoms with Crippen molar-refractivity contribution in [3.05, 3.63) is 58.5 Å². The second-order valence-corrected chi connectivity index (χ2v) is 3.23. The largest absolute Gasteiger partial charge is 0.485 e. The van der Waals surface area contributed by atoms with Gasteiger partial charge in [-0.25, -0.2) is 5.10 Å². The molecule has 16 heavy (non-hydrogen) atoms. The Kier molecular flexibility index (Phi) is 4.54. The zero-order valence-electron chi connectivity index (χ0n) is 8.57. The van der Waals surface area contributed by atoms with Crippen LogP contribution in [0.2, 0.25) is 5.02 Å². The first kappa shape index (κ1) is 12.3. The second-order valence-electron chi connectivity index (χ2n) is 2.85. The zero-order chi connectivity index (χ0) is 12.0. The second kappa shape index (κ2) is 5.92. The summed E-state index contributed by atoms with van der Waals surface area (Å²) >= 11 is 5.72. The third-order valence-electron chi connectivity index (χ3n) is 1.75. The van der Waals surface area contributed by atoms with Gasteiger partial charge in [-0.15, -0.1) is 0 Å². The Hall–Kier alpha value is -1.81. The first-order chi connectivity index (χ1) is 7.69. The van der Waals surface area contributed by atoms with E-state index in [1.165, 1.54) is 6.20 Å². The highest BCUT2D eigenvalue weighted by Crippen LogP contribution is 2.18. The Morgan fingerprint density at radius 2 is 2.38 bits per heavy atom. The number of aromatic amines is 1. The summed E-state index contributed by atoms with van der Waals surface area (Å²) in [6.07, 6.45) is 6.36. The lowest BCUT2D eigenvalue weighted by atomic mass is 10.2. The minimum absolute atomic E-state index is 0.0167. The Labute approximate surface area is 97.9 Å². The number of ether oxygens (including phenoxy) is 1. The van der Waals surface area contributed by atoms with E-state index < -0.39 is 5.56 Å². The quantitative estimate of drug-likeness (QED) is 0.800. The first-order valence-corrected chi connectivity index (χ1v) is 4.87. The number of hydrogen-bond donors (Lipinski definition) is 1. The van der Waals surface area contributed by atoms with E-state index in [0.717, 1.165) is 5.57 Å². The van der Waals surface area contributed by atoms with Gasteiger partial charge < -0.3 is 4.74 Å². The molecule has 1 rings (SSSR count). The third-order valence-corrected chi connectivity index (χ3v) is 2.11. The lowest BCUT2D eigenvalue weighted by Gasteiger charge is -2.06. The number of nitrogens with zero attached hydrogens (tertiary/aromatic N) is 1. The molecule has 0 spiro atoms. The molecule has 0 unspecified atom stereocenters. The van der Waals surface area contributed by atoms with Crippen molar-refractivity contribution in [1.29, 1.82) is 0 Å². The molecule has 0 saturated heterocycles. The van der Waals surface area contributed by atoms with Crippen LogP contribution in [-0.4, -0.2) is 16.8 Å². The van der Waals surface area contributed by atoms with Crippen LogP contribution in [0.3, 0.4) is 0 Å². The van der Waals surface area contributed by atoms with Crippen LogP contribution in [0.1, 0.15) is 0 Å². The molecule has 0 amide bonds. The molecule has 5 heteroatoms. The summed E-state index contributed by atoms with van der Waals surface area (Å²) in [5.41, 5.74) is 0.346. The average molecular weight is 239 g/mol. The van der Waals surface area contributed by atoms with Gasteiger partial charge >= 0.3 is 0 Å². The molecule has 0 atom stereocenters. The van der Waals surface area contributed by atoms with Gasteiger partial charge in [0.1, 0.15) is 6.61 Å². The summed E-state index contributed by atoms with van der Waals surface area (Å²) in [5, 5.41) is 5.76. The van der Waals surface area contributed by atoms with Crippen molar-refractivity contribution >= 4 is 11.6 Å². The maximum Gasteiger partial charge on any atom is 0.286 e. The number of hydrogen-bond acceptors (Lipinski definition) is 3. The molecule has 0 fully saturated rings. The summed E-state index contributed by atoms with van der Waals surface area (Å²) in [4.78, 5) is 11.1. The Balaban J connectivity index is 2.78. The Morgan fingerprint density at radius 1 is 1.62 bits per heavy atom. The lowest BCUT2D eigenvalue weighted by Crippen LogP contribution is -2.11. The van der Waals surface area contributed by atoms with E-state index >= 15 is 0 Å². The van der Waals surface area contributed by atoms with Crippen molar-refractivity contribution < 1.29 is 4.74 Å². The predicted molar refractivity (Wildman–Crippen MR) is 63.8 cm³/mol. The minimum Gasteiger partial charge on any atom is -0.485 e. The summed E-state index contributed by atoms with van der Waals surface area (Å²) < 4.78 is 5.32. The SMILES string of the molecule is C=C/C=C(\C=C)COc1cn[nH]c(=O)c1Cl. The van der Waals surface area contributed by atoms with Crippen LogP contribution in [0.25, 0.3) is 0 Å². The van der Waals surface area contributed by atoms with E-state index in [2.05, 4.69) is 23.4 Å². The maximum atomic E-state index is 11.1. The van der Waals surface area contributed by atoms with Gasteiger partial charge in [-0.1, -0.05) is 43.0 Å². The van der Waals surface area contributed by atoms with Gasteiger partial charge in [0.25, 0.3) is 5.56 Å². The Morgan fingerprint density at radius 3 is 3.00 bits per heavy atom. The number of H-pyrrole nitrogens is 1. The average Bonchev–Trinajstić information content (AvgIpc) is 2.29. The molecule has 0 aliphatic heterocycles. The van der Waals surface area contributed by atoms with Crippen LogP contribution < -0.4 is 10.3 Å². The molecule has 0 aliphatic rings. The summed E-state index contributed by atoms with van der Waals surface area (Å²) in [6.45, 7) is 7.43. The molecule has 1 N–H and O–H groups in total. The van der Waals surface area contributed by atoms with Gasteiger partial charge in [0.05, 0.1) is 6.20 Å². The van der Waals surface area contributed by atoms with Gasteiger partial charge in [-0.2, -0.15) is 5.10 Å². The van der Waals surface area contributed by atoms with Crippen molar-refractivity contribution in [3.8, 4) is 5.75 Å². The normalized spacial score (nSPS) is 10.9. The van der Waals surface area contributed by atoms with Crippen LogP contribution in [0.15, 0.2) is 48.0 Å². The number of nitrogens with one attached hydrogen (secondary N) is 1. The number of aromatic nitrogens is 2. The first-order valence-electron chi connectivity index (χ1n) is 4.49. The number of halogens is 1. The fourth-order valence-electron chi connectivity index (χ4n) is 0.955. The zero-order valence-corrected chi connectivity index (χ0v) is 9.33. The maximum absolute atomic E-state index is 11.1. The van der Waals surface area contributed by atoms with Crippen LogP contribution in [0, 0.1) is 0 Å². The van der Waals surface area contributed by atoms with Crippen LogP contribution in [0.4, 0.5) is 0 Å². The molecule has 84 valence electrons. The van der Waals surface area contributed by atoms with Crippen LogP contribution in [-0.2, 0) is 0 Å². The van der Waals surface area contributed by atoms with Crippen molar-refractivity contribution in [2.24, 2.45) is 0 Å². The number of allylic oxidation sites excluding steroid dienone is 2. The highest BCUT2D eigenvalue weighted by Gasteiger charge is 2.05. The minimum atomic E-state index is -0.480. The molecule has 1 aromatic heterocycles. The topological polar surface area (TPSA) is 55.0 Å². The van der Waals surface area contributed by atoms with Gasteiger partial charge in [-0.05, 0) is 5.57 Å². The molecule has 1 heterocycles. The highest BCUT2D eigenvalue weighted by atomic mass is 35.5. The van der Waals surface area contributed by atoms with Gasteiger partial charge in [0.2, 0.25) is 0 Å². The predicted octanol–water partition coefficient (Wildman–Crippen LogP) is 2.10. The molecule has 0 aromatic carbocycles. The standard InChI is InChI=1S/C11H11ClN2O2/c1-3-5-8(4-2)7-16-9-6-13-14-11(15)10(9)12/h3-6H,1-2,7H2,(H,14,15)/b8-5+. The molecular weight excluding hydrogens is 228 g/mol. The van der Waals surface area contributed by atoms with Gasteiger partial charge in [0, 0.05) is 0 Å². The summed E-state index contributed by atoms with van der Waals surface area (Å²) in [6, 6.07) is 0. The monoisotopic (exact) mass is 238 g/mol. The van der Waals surface area contributed by atoms with Crippen molar-refractivity contribution in [2.75, 3.05) is 6.61 Å². The van der Waals surface area contributed by atoms with E-state index in [9.17, 15) is 4.79 Å². The molecule has 0 radical (unpaired) electrons. The molecular formula is C11H11ClN2O2. The molecule has 4 nitrogen and oxygen atoms in total. The fraction of sp³-hybridized carbons (Fsp3) is 0.0909. The van der Waals surface area contributed by atoms with Crippen molar-refractivity contribution in [3.63, 3.8) is 0 Å². The molecule has 0 saturated carbocycles. The lowest BCUT2D eigenvalue weighted by molar-refractivity contribution is 0.353. The highest BCUT2D eigenvalue weighted by molar-refractivity contribution is 6.31.